The van der Waals surface area contributed by atoms with E-state index in [1.54, 1.807) is 12.4 Å². The first-order valence-electron chi connectivity index (χ1n) is 6.63. The second-order valence-corrected chi connectivity index (χ2v) is 4.81. The lowest BCUT2D eigenvalue weighted by atomic mass is 10.1. The van der Waals surface area contributed by atoms with Gasteiger partial charge >= 0.3 is 0 Å². The van der Waals surface area contributed by atoms with E-state index in [0.717, 1.165) is 25.1 Å². The molecular weight excluding hydrogens is 236 g/mol. The van der Waals surface area contributed by atoms with Crippen LogP contribution in [-0.4, -0.2) is 27.5 Å². The van der Waals surface area contributed by atoms with Crippen LogP contribution in [0.3, 0.4) is 0 Å². The fraction of sp³-hybridized carbons (Fsp3) is 0.400. The van der Waals surface area contributed by atoms with E-state index in [9.17, 15) is 0 Å². The molecule has 2 aromatic rings. The predicted molar refractivity (Wildman–Crippen MR) is 75.9 cm³/mol. The minimum Gasteiger partial charge on any atom is -0.314 e. The van der Waals surface area contributed by atoms with Gasteiger partial charge < -0.3 is 5.32 Å². The topological polar surface area (TPSA) is 50.7 Å². The molecule has 2 aromatic heterocycles. The molecule has 0 aliphatic carbocycles. The number of hydrogen-bond acceptors (Lipinski definition) is 4. The standard InChI is InChI=1S/C15H20N4/c1-12-10-16-5-3-14(12)4-6-18-13(2)9-15-11-17-7-8-19-15/h3,5,7-8,10-11,13,18H,4,6,9H2,1-2H3. The first kappa shape index (κ1) is 13.6. The molecule has 0 spiro atoms. The molecular formula is C15H20N4. The van der Waals surface area contributed by atoms with E-state index in [0.29, 0.717) is 6.04 Å². The number of rotatable bonds is 6. The molecule has 100 valence electrons. The van der Waals surface area contributed by atoms with Gasteiger partial charge in [-0.2, -0.15) is 0 Å². The SMILES string of the molecule is Cc1cnccc1CCNC(C)Cc1cnccn1. The summed E-state index contributed by atoms with van der Waals surface area (Å²) in [5, 5.41) is 3.52. The van der Waals surface area contributed by atoms with Gasteiger partial charge in [0.15, 0.2) is 0 Å². The zero-order chi connectivity index (χ0) is 13.5. The van der Waals surface area contributed by atoms with E-state index < -0.39 is 0 Å². The normalized spacial score (nSPS) is 12.3. The second kappa shape index (κ2) is 6.95. The third kappa shape index (κ3) is 4.41. The fourth-order valence-electron chi connectivity index (χ4n) is 2.06. The van der Waals surface area contributed by atoms with Crippen LogP contribution in [0, 0.1) is 6.92 Å². The Bertz CT molecular complexity index is 499. The molecule has 0 bridgehead atoms. The summed E-state index contributed by atoms with van der Waals surface area (Å²) >= 11 is 0. The zero-order valence-electron chi connectivity index (χ0n) is 11.5. The lowest BCUT2D eigenvalue weighted by Gasteiger charge is -2.13. The average molecular weight is 256 g/mol. The lowest BCUT2D eigenvalue weighted by Crippen LogP contribution is -2.30. The number of nitrogens with one attached hydrogen (secondary N) is 1. The van der Waals surface area contributed by atoms with Crippen LogP contribution < -0.4 is 5.32 Å². The number of aromatic nitrogens is 3. The molecule has 0 radical (unpaired) electrons. The van der Waals surface area contributed by atoms with Gasteiger partial charge in [-0.05, 0) is 44.0 Å². The highest BCUT2D eigenvalue weighted by molar-refractivity contribution is 5.21. The summed E-state index contributed by atoms with van der Waals surface area (Å²) in [5.74, 6) is 0. The molecule has 4 heteroatoms. The first-order chi connectivity index (χ1) is 9.25. The number of nitrogens with zero attached hydrogens (tertiary/aromatic N) is 3. The van der Waals surface area contributed by atoms with Crippen molar-refractivity contribution in [1.29, 1.82) is 0 Å². The van der Waals surface area contributed by atoms with Gasteiger partial charge in [-0.1, -0.05) is 0 Å². The molecule has 2 heterocycles. The Morgan fingerprint density at radius 3 is 2.74 bits per heavy atom. The average Bonchev–Trinajstić information content (AvgIpc) is 2.42. The monoisotopic (exact) mass is 256 g/mol. The van der Waals surface area contributed by atoms with Crippen molar-refractivity contribution in [2.24, 2.45) is 0 Å². The molecule has 0 aromatic carbocycles. The molecule has 0 amide bonds. The first-order valence-corrected chi connectivity index (χ1v) is 6.63. The van der Waals surface area contributed by atoms with Crippen LogP contribution in [0.2, 0.25) is 0 Å². The molecule has 1 unspecified atom stereocenters. The third-order valence-electron chi connectivity index (χ3n) is 3.16. The highest BCUT2D eigenvalue weighted by Gasteiger charge is 2.04. The Morgan fingerprint density at radius 2 is 2.00 bits per heavy atom. The molecule has 1 atom stereocenters. The van der Waals surface area contributed by atoms with E-state index in [2.05, 4.69) is 40.2 Å². The molecule has 0 fully saturated rings. The van der Waals surface area contributed by atoms with Crippen LogP contribution in [0.5, 0.6) is 0 Å². The van der Waals surface area contributed by atoms with Gasteiger partial charge in [-0.15, -0.1) is 0 Å². The Balaban J connectivity index is 1.75. The van der Waals surface area contributed by atoms with Crippen molar-refractivity contribution >= 4 is 0 Å². The molecule has 1 N–H and O–H groups in total. The smallest absolute Gasteiger partial charge is 0.0602 e. The minimum atomic E-state index is 0.402. The van der Waals surface area contributed by atoms with Gasteiger partial charge in [-0.3, -0.25) is 15.0 Å². The van der Waals surface area contributed by atoms with E-state index in [1.807, 2.05) is 18.6 Å². The van der Waals surface area contributed by atoms with Crippen molar-refractivity contribution in [3.63, 3.8) is 0 Å². The summed E-state index contributed by atoms with van der Waals surface area (Å²) in [7, 11) is 0. The summed E-state index contributed by atoms with van der Waals surface area (Å²) in [4.78, 5) is 12.5. The fourth-order valence-corrected chi connectivity index (χ4v) is 2.06. The maximum absolute atomic E-state index is 4.29. The maximum atomic E-state index is 4.29. The third-order valence-corrected chi connectivity index (χ3v) is 3.16. The second-order valence-electron chi connectivity index (χ2n) is 4.81. The van der Waals surface area contributed by atoms with Crippen LogP contribution in [0.4, 0.5) is 0 Å². The van der Waals surface area contributed by atoms with Gasteiger partial charge in [0, 0.05) is 43.4 Å². The number of hydrogen-bond donors (Lipinski definition) is 1. The Labute approximate surface area is 114 Å². The van der Waals surface area contributed by atoms with Crippen molar-refractivity contribution in [1.82, 2.24) is 20.3 Å². The van der Waals surface area contributed by atoms with Crippen LogP contribution in [0.1, 0.15) is 23.7 Å². The summed E-state index contributed by atoms with van der Waals surface area (Å²) in [6.45, 7) is 5.24. The Kier molecular flexibility index (Phi) is 4.98. The van der Waals surface area contributed by atoms with Gasteiger partial charge in [0.1, 0.15) is 0 Å². The molecule has 19 heavy (non-hydrogen) atoms. The highest BCUT2D eigenvalue weighted by atomic mass is 14.9. The molecule has 0 saturated heterocycles. The van der Waals surface area contributed by atoms with E-state index in [-0.39, 0.29) is 0 Å². The van der Waals surface area contributed by atoms with Crippen LogP contribution in [-0.2, 0) is 12.8 Å². The molecule has 0 saturated carbocycles. The lowest BCUT2D eigenvalue weighted by molar-refractivity contribution is 0.542. The van der Waals surface area contributed by atoms with Crippen molar-refractivity contribution < 1.29 is 0 Å². The zero-order valence-corrected chi connectivity index (χ0v) is 11.5. The van der Waals surface area contributed by atoms with Gasteiger partial charge in [-0.25, -0.2) is 0 Å². The summed E-state index contributed by atoms with van der Waals surface area (Å²) < 4.78 is 0. The number of pyridine rings is 1. The van der Waals surface area contributed by atoms with Crippen molar-refractivity contribution in [2.75, 3.05) is 6.54 Å². The van der Waals surface area contributed by atoms with Crippen LogP contribution >= 0.6 is 0 Å². The quantitative estimate of drug-likeness (QED) is 0.858. The highest BCUT2D eigenvalue weighted by Crippen LogP contribution is 2.05. The number of aryl methyl sites for hydroxylation is 1. The van der Waals surface area contributed by atoms with Crippen LogP contribution in [0.15, 0.2) is 37.1 Å². The largest absolute Gasteiger partial charge is 0.314 e. The molecule has 4 nitrogen and oxygen atoms in total. The Morgan fingerprint density at radius 1 is 1.16 bits per heavy atom. The van der Waals surface area contributed by atoms with Crippen molar-refractivity contribution in [3.05, 3.63) is 53.9 Å². The van der Waals surface area contributed by atoms with Crippen molar-refractivity contribution in [3.8, 4) is 0 Å². The van der Waals surface area contributed by atoms with Gasteiger partial charge in [0.05, 0.1) is 5.69 Å². The van der Waals surface area contributed by atoms with Gasteiger partial charge in [0.25, 0.3) is 0 Å². The molecule has 0 aliphatic rings. The van der Waals surface area contributed by atoms with Crippen LogP contribution in [0.25, 0.3) is 0 Å². The Hall–Kier alpha value is -1.81. The van der Waals surface area contributed by atoms with Gasteiger partial charge in [0.2, 0.25) is 0 Å². The predicted octanol–water partition coefficient (Wildman–Crippen LogP) is 1.94. The van der Waals surface area contributed by atoms with E-state index in [4.69, 9.17) is 0 Å². The van der Waals surface area contributed by atoms with Crippen molar-refractivity contribution in [2.45, 2.75) is 32.7 Å². The summed E-state index contributed by atoms with van der Waals surface area (Å²) in [6.07, 6.45) is 11.0. The van der Waals surface area contributed by atoms with E-state index in [1.165, 1.54) is 11.1 Å². The minimum absolute atomic E-state index is 0.402. The van der Waals surface area contributed by atoms with E-state index >= 15 is 0 Å². The molecule has 2 rings (SSSR count). The summed E-state index contributed by atoms with van der Waals surface area (Å²) in [6, 6.07) is 2.49. The summed E-state index contributed by atoms with van der Waals surface area (Å²) in [5.41, 5.74) is 3.64. The maximum Gasteiger partial charge on any atom is 0.0602 e. The molecule has 0 aliphatic heterocycles.